The van der Waals surface area contributed by atoms with Gasteiger partial charge in [0, 0.05) is 19.6 Å². The molecule has 0 spiro atoms. The quantitative estimate of drug-likeness (QED) is 0.165. The molecule has 6 nitrogen and oxygen atoms in total. The molecule has 0 bridgehead atoms. The second-order valence-electron chi connectivity index (χ2n) is 12.4. The summed E-state index contributed by atoms with van der Waals surface area (Å²) in [7, 11) is -4.37. The molecule has 0 saturated carbocycles. The zero-order valence-electron chi connectivity index (χ0n) is 24.6. The van der Waals surface area contributed by atoms with Crippen molar-refractivity contribution in [3.8, 4) is 0 Å². The van der Waals surface area contributed by atoms with Gasteiger partial charge in [0.15, 0.2) is 5.34 Å². The van der Waals surface area contributed by atoms with Crippen LogP contribution in [0.5, 0.6) is 0 Å². The van der Waals surface area contributed by atoms with E-state index in [1.807, 2.05) is 24.3 Å². The Balaban J connectivity index is 2.06. The summed E-state index contributed by atoms with van der Waals surface area (Å²) in [4.78, 5) is 19.1. The minimum absolute atomic E-state index is 0.193. The van der Waals surface area contributed by atoms with Gasteiger partial charge in [-0.05, 0) is 77.3 Å². The van der Waals surface area contributed by atoms with Crippen LogP contribution in [0, 0.1) is 5.41 Å². The monoisotopic (exact) mass is 548 g/mol. The molecule has 1 atom stereocenters. The first-order chi connectivity index (χ1) is 17.5. The van der Waals surface area contributed by atoms with Gasteiger partial charge in [0.1, 0.15) is 0 Å². The van der Waals surface area contributed by atoms with Crippen molar-refractivity contribution in [3.05, 3.63) is 71.8 Å². The Hall–Kier alpha value is -1.53. The normalized spacial score (nSPS) is 14.5. The Morgan fingerprint density at radius 1 is 0.789 bits per heavy atom. The third kappa shape index (κ3) is 9.89. The lowest BCUT2D eigenvalue weighted by Gasteiger charge is -2.45. The molecule has 0 amide bonds. The third-order valence-corrected chi connectivity index (χ3v) is 9.28. The summed E-state index contributed by atoms with van der Waals surface area (Å²) in [6.45, 7) is 16.3. The van der Waals surface area contributed by atoms with E-state index < -0.39 is 24.1 Å². The van der Waals surface area contributed by atoms with Crippen LogP contribution in [0.1, 0.15) is 91.9 Å². The molecule has 0 saturated heterocycles. The topological polar surface area (TPSA) is 85.2 Å². The minimum Gasteiger partial charge on any atom is -0.375 e. The zero-order valence-corrected chi connectivity index (χ0v) is 25.5. The van der Waals surface area contributed by atoms with E-state index in [1.165, 1.54) is 19.4 Å². The number of rotatable bonds is 16. The van der Waals surface area contributed by atoms with Crippen molar-refractivity contribution in [2.45, 2.75) is 104 Å². The summed E-state index contributed by atoms with van der Waals surface area (Å²) >= 11 is 0. The summed E-state index contributed by atoms with van der Waals surface area (Å²) in [5, 5.41) is -1.53. The van der Waals surface area contributed by atoms with Crippen molar-refractivity contribution < 1.29 is 28.6 Å². The van der Waals surface area contributed by atoms with Crippen molar-refractivity contribution >= 4 is 7.60 Å². The maximum absolute atomic E-state index is 11.7. The van der Waals surface area contributed by atoms with E-state index in [0.717, 1.165) is 18.4 Å². The largest absolute Gasteiger partial charge is 0.375 e. The van der Waals surface area contributed by atoms with E-state index >= 15 is 0 Å². The standard InChI is InChI=1S/C31H49O6P/c1-28(2,21-23-36-31(7,8)38(32,33)34)30(5,6)37-27(26-19-13-10-14-20-26)24-29(3,4)35-22-15-18-25-16-11-9-12-17-25/h9-14,16-17,19-20,27H,15,18,21-24H2,1-8H3,(H2,32,33,34). The number of hydrogen-bond acceptors (Lipinski definition) is 4. The number of benzene rings is 2. The maximum atomic E-state index is 11.7. The smallest absolute Gasteiger partial charge is 0.356 e. The minimum atomic E-state index is -4.37. The van der Waals surface area contributed by atoms with Gasteiger partial charge in [0.25, 0.3) is 0 Å². The predicted molar refractivity (Wildman–Crippen MR) is 154 cm³/mol. The van der Waals surface area contributed by atoms with Crippen molar-refractivity contribution in [2.75, 3.05) is 13.2 Å². The molecule has 0 radical (unpaired) electrons. The zero-order chi connectivity index (χ0) is 28.7. The van der Waals surface area contributed by atoms with Crippen LogP contribution in [0.25, 0.3) is 0 Å². The molecule has 0 aliphatic carbocycles. The van der Waals surface area contributed by atoms with Crippen LogP contribution in [0.4, 0.5) is 0 Å². The van der Waals surface area contributed by atoms with E-state index in [4.69, 9.17) is 14.2 Å². The molecule has 1 unspecified atom stereocenters. The first-order valence-corrected chi connectivity index (χ1v) is 15.2. The highest BCUT2D eigenvalue weighted by Gasteiger charge is 2.43. The van der Waals surface area contributed by atoms with Gasteiger partial charge in [-0.25, -0.2) is 0 Å². The number of aryl methyl sites for hydroxylation is 1. The number of ether oxygens (including phenoxy) is 3. The molecule has 2 N–H and O–H groups in total. The first-order valence-electron chi connectivity index (χ1n) is 13.6. The van der Waals surface area contributed by atoms with Crippen molar-refractivity contribution in [2.24, 2.45) is 5.41 Å². The Labute approximate surface area is 230 Å². The summed E-state index contributed by atoms with van der Waals surface area (Å²) < 4.78 is 30.6. The highest BCUT2D eigenvalue weighted by atomic mass is 31.2. The average molecular weight is 549 g/mol. The molecule has 0 aliphatic rings. The van der Waals surface area contributed by atoms with Crippen LogP contribution in [-0.2, 0) is 25.2 Å². The SMILES string of the molecule is CC(C)(CC(OC(C)(C)C(C)(C)CCOC(C)(C)P(=O)(O)O)c1ccccc1)OCCCc1ccccc1. The van der Waals surface area contributed by atoms with E-state index in [2.05, 4.69) is 77.9 Å². The van der Waals surface area contributed by atoms with Crippen LogP contribution < -0.4 is 0 Å². The average Bonchev–Trinajstić information content (AvgIpc) is 2.81. The Morgan fingerprint density at radius 3 is 1.89 bits per heavy atom. The first kappa shape index (κ1) is 32.7. The highest BCUT2D eigenvalue weighted by Crippen LogP contribution is 2.51. The molecule has 0 fully saturated rings. The van der Waals surface area contributed by atoms with Crippen molar-refractivity contribution in [1.29, 1.82) is 0 Å². The number of hydrogen-bond donors (Lipinski definition) is 2. The van der Waals surface area contributed by atoms with Gasteiger partial charge in [-0.1, -0.05) is 74.5 Å². The molecule has 2 aromatic rings. The molecule has 0 heterocycles. The Bertz CT molecular complexity index is 1010. The van der Waals surface area contributed by atoms with Crippen molar-refractivity contribution in [1.82, 2.24) is 0 Å². The van der Waals surface area contributed by atoms with Gasteiger partial charge in [-0.15, -0.1) is 0 Å². The van der Waals surface area contributed by atoms with E-state index in [0.29, 0.717) is 19.4 Å². The van der Waals surface area contributed by atoms with E-state index in [1.54, 1.807) is 0 Å². The van der Waals surface area contributed by atoms with Gasteiger partial charge < -0.3 is 24.0 Å². The second-order valence-corrected chi connectivity index (χ2v) is 14.6. The van der Waals surface area contributed by atoms with Gasteiger partial charge in [0.05, 0.1) is 17.3 Å². The Morgan fingerprint density at radius 2 is 1.34 bits per heavy atom. The highest BCUT2D eigenvalue weighted by molar-refractivity contribution is 7.53. The van der Waals surface area contributed by atoms with Crippen LogP contribution in [0.3, 0.4) is 0 Å². The lowest BCUT2D eigenvalue weighted by Crippen LogP contribution is -2.44. The van der Waals surface area contributed by atoms with Crippen LogP contribution in [0.2, 0.25) is 0 Å². The molecule has 0 aliphatic heterocycles. The van der Waals surface area contributed by atoms with Gasteiger partial charge in [-0.2, -0.15) is 0 Å². The molecule has 214 valence electrons. The molecule has 2 rings (SSSR count). The lowest BCUT2D eigenvalue weighted by molar-refractivity contribution is -0.166. The van der Waals surface area contributed by atoms with Crippen molar-refractivity contribution in [3.63, 3.8) is 0 Å². The van der Waals surface area contributed by atoms with Gasteiger partial charge in [-0.3, -0.25) is 4.57 Å². The predicted octanol–water partition coefficient (Wildman–Crippen LogP) is 7.69. The van der Waals surface area contributed by atoms with Crippen LogP contribution in [-0.4, -0.2) is 39.5 Å². The van der Waals surface area contributed by atoms with Crippen LogP contribution >= 0.6 is 7.60 Å². The van der Waals surface area contributed by atoms with Gasteiger partial charge in [0.2, 0.25) is 0 Å². The fourth-order valence-corrected chi connectivity index (χ4v) is 4.39. The summed E-state index contributed by atoms with van der Waals surface area (Å²) in [5.41, 5.74) is 1.11. The molecular formula is C31H49O6P. The van der Waals surface area contributed by atoms with E-state index in [-0.39, 0.29) is 18.1 Å². The summed E-state index contributed by atoms with van der Waals surface area (Å²) in [6, 6.07) is 20.7. The molecule has 2 aromatic carbocycles. The molecule has 0 aromatic heterocycles. The summed E-state index contributed by atoms with van der Waals surface area (Å²) in [5.74, 6) is 0. The second kappa shape index (κ2) is 13.2. The maximum Gasteiger partial charge on any atom is 0.356 e. The van der Waals surface area contributed by atoms with Crippen LogP contribution in [0.15, 0.2) is 60.7 Å². The molecule has 7 heteroatoms. The van der Waals surface area contributed by atoms with Gasteiger partial charge >= 0.3 is 7.60 Å². The lowest BCUT2D eigenvalue weighted by atomic mass is 9.74. The fraction of sp³-hybridized carbons (Fsp3) is 0.613. The molecular weight excluding hydrogens is 499 g/mol. The fourth-order valence-electron chi connectivity index (χ4n) is 4.13. The van der Waals surface area contributed by atoms with E-state index in [9.17, 15) is 14.4 Å². The Kier molecular flexibility index (Phi) is 11.4. The summed E-state index contributed by atoms with van der Waals surface area (Å²) in [6.07, 6.45) is 3.00. The third-order valence-electron chi connectivity index (χ3n) is 7.74. The molecule has 38 heavy (non-hydrogen) atoms.